The van der Waals surface area contributed by atoms with Gasteiger partial charge in [-0.25, -0.2) is 14.0 Å². The minimum atomic E-state index is -0.579. The van der Waals surface area contributed by atoms with E-state index in [1.165, 1.54) is 59.2 Å². The van der Waals surface area contributed by atoms with Crippen molar-refractivity contribution in [2.24, 2.45) is 0 Å². The molecule has 0 unspecified atom stereocenters. The Morgan fingerprint density at radius 1 is 1.23 bits per heavy atom. The Labute approximate surface area is 154 Å². The van der Waals surface area contributed by atoms with Gasteiger partial charge in [0.05, 0.1) is 30.0 Å². The Morgan fingerprint density at radius 2 is 1.96 bits per heavy atom. The zero-order valence-electron chi connectivity index (χ0n) is 14.1. The largest absolute Gasteiger partial charge is 0.463 e. The van der Waals surface area contributed by atoms with E-state index in [-0.39, 0.29) is 37.2 Å². The molecule has 26 heavy (non-hydrogen) atoms. The summed E-state index contributed by atoms with van der Waals surface area (Å²) < 4.78 is 22.7. The van der Waals surface area contributed by atoms with Crippen molar-refractivity contribution < 1.29 is 28.2 Å². The zero-order chi connectivity index (χ0) is 18.9. The zero-order valence-corrected chi connectivity index (χ0v) is 15.0. The fourth-order valence-corrected chi connectivity index (χ4v) is 3.03. The van der Waals surface area contributed by atoms with E-state index in [0.717, 1.165) is 0 Å². The van der Waals surface area contributed by atoms with Crippen LogP contribution in [0.15, 0.2) is 41.4 Å². The molecule has 8 heteroatoms. The quantitative estimate of drug-likeness (QED) is 0.535. The van der Waals surface area contributed by atoms with Gasteiger partial charge >= 0.3 is 11.9 Å². The summed E-state index contributed by atoms with van der Waals surface area (Å²) in [4.78, 5) is 36.5. The molecule has 0 atom stereocenters. The Hall–Kier alpha value is -2.61. The van der Waals surface area contributed by atoms with Gasteiger partial charge in [-0.2, -0.15) is 0 Å². The lowest BCUT2D eigenvalue weighted by Crippen LogP contribution is -2.29. The Balaban J connectivity index is 1.83. The molecule has 0 N–H and O–H groups in total. The molecule has 1 saturated heterocycles. The van der Waals surface area contributed by atoms with Crippen molar-refractivity contribution in [1.82, 2.24) is 4.90 Å². The molecule has 0 saturated carbocycles. The minimum Gasteiger partial charge on any atom is -0.463 e. The van der Waals surface area contributed by atoms with Crippen molar-refractivity contribution in [3.8, 4) is 0 Å². The van der Waals surface area contributed by atoms with E-state index in [0.29, 0.717) is 10.6 Å². The number of amides is 1. The van der Waals surface area contributed by atoms with Gasteiger partial charge in [-0.3, -0.25) is 4.79 Å². The number of hydrogen-bond donors (Lipinski definition) is 0. The lowest BCUT2D eigenvalue weighted by molar-refractivity contribution is -0.140. The van der Waals surface area contributed by atoms with E-state index in [1.54, 1.807) is 6.92 Å². The van der Waals surface area contributed by atoms with Crippen LogP contribution in [0, 0.1) is 5.82 Å². The molecule has 1 aromatic rings. The van der Waals surface area contributed by atoms with E-state index in [9.17, 15) is 18.8 Å². The second-order valence-electron chi connectivity index (χ2n) is 5.12. The van der Waals surface area contributed by atoms with Crippen LogP contribution in [0.25, 0.3) is 6.08 Å². The number of carbonyl (C=O) groups excluding carboxylic acids is 3. The van der Waals surface area contributed by atoms with Gasteiger partial charge in [0.25, 0.3) is 0 Å². The predicted molar refractivity (Wildman–Crippen MR) is 95.3 cm³/mol. The van der Waals surface area contributed by atoms with Crippen molar-refractivity contribution in [3.63, 3.8) is 0 Å². The van der Waals surface area contributed by atoms with Crippen LogP contribution in [0.5, 0.6) is 0 Å². The SMILES string of the molecule is CCOC(=O)/C=C1\SCC(=O)N1CCOC(=O)/C=C/c1ccc(F)cc1. The Bertz CT molecular complexity index is 730. The standard InChI is InChI=1S/C18H18FNO5S/c1-2-24-18(23)11-16-20(15(21)12-26-16)9-10-25-17(22)8-5-13-3-6-14(19)7-4-13/h3-8,11H,2,9-10,12H2,1H3/b8-5+,16-11-. The first-order chi connectivity index (χ1) is 12.5. The fraction of sp³-hybridized carbons (Fsp3) is 0.278. The summed E-state index contributed by atoms with van der Waals surface area (Å²) >= 11 is 1.23. The van der Waals surface area contributed by atoms with Crippen molar-refractivity contribution in [1.29, 1.82) is 0 Å². The number of thioether (sulfide) groups is 1. The number of rotatable bonds is 7. The van der Waals surface area contributed by atoms with Crippen molar-refractivity contribution in [2.75, 3.05) is 25.5 Å². The number of nitrogens with zero attached hydrogens (tertiary/aromatic N) is 1. The van der Waals surface area contributed by atoms with Gasteiger partial charge in [-0.1, -0.05) is 23.9 Å². The van der Waals surface area contributed by atoms with Crippen LogP contribution < -0.4 is 0 Å². The second-order valence-corrected chi connectivity index (χ2v) is 6.12. The monoisotopic (exact) mass is 379 g/mol. The number of carbonyl (C=O) groups is 3. The lowest BCUT2D eigenvalue weighted by Gasteiger charge is -2.16. The third-order valence-electron chi connectivity index (χ3n) is 3.28. The van der Waals surface area contributed by atoms with Gasteiger partial charge in [0.2, 0.25) is 5.91 Å². The highest BCUT2D eigenvalue weighted by atomic mass is 32.2. The predicted octanol–water partition coefficient (Wildman–Crippen LogP) is 2.36. The third-order valence-corrected chi connectivity index (χ3v) is 4.30. The van der Waals surface area contributed by atoms with Gasteiger partial charge in [0, 0.05) is 6.08 Å². The number of esters is 2. The fourth-order valence-electron chi connectivity index (χ4n) is 2.08. The molecule has 1 aliphatic rings. The van der Waals surface area contributed by atoms with Crippen molar-refractivity contribution >= 4 is 35.7 Å². The van der Waals surface area contributed by atoms with E-state index in [1.807, 2.05) is 0 Å². The molecular formula is C18H18FNO5S. The topological polar surface area (TPSA) is 72.9 Å². The van der Waals surface area contributed by atoms with Crippen LogP contribution in [0.2, 0.25) is 0 Å². The molecule has 6 nitrogen and oxygen atoms in total. The highest BCUT2D eigenvalue weighted by molar-refractivity contribution is 8.04. The van der Waals surface area contributed by atoms with Gasteiger partial charge < -0.3 is 14.4 Å². The maximum absolute atomic E-state index is 12.8. The summed E-state index contributed by atoms with van der Waals surface area (Å²) in [7, 11) is 0. The van der Waals surface area contributed by atoms with Crippen molar-refractivity contribution in [2.45, 2.75) is 6.92 Å². The van der Waals surface area contributed by atoms with Crippen LogP contribution in [0.4, 0.5) is 4.39 Å². The molecule has 1 aliphatic heterocycles. The smallest absolute Gasteiger partial charge is 0.333 e. The van der Waals surface area contributed by atoms with Crippen LogP contribution in [-0.2, 0) is 23.9 Å². The molecule has 1 aromatic carbocycles. The molecular weight excluding hydrogens is 361 g/mol. The summed E-state index contributed by atoms with van der Waals surface area (Å²) in [5, 5.41) is 0.478. The first kappa shape index (κ1) is 19.7. The summed E-state index contributed by atoms with van der Waals surface area (Å²) in [6, 6.07) is 5.65. The molecule has 1 amide bonds. The number of hydrogen-bond acceptors (Lipinski definition) is 6. The van der Waals surface area contributed by atoms with E-state index < -0.39 is 11.9 Å². The molecule has 2 rings (SSSR count). The highest BCUT2D eigenvalue weighted by Crippen LogP contribution is 2.28. The molecule has 0 aliphatic carbocycles. The average molecular weight is 379 g/mol. The summed E-state index contributed by atoms with van der Waals surface area (Å²) in [6.45, 7) is 2.07. The maximum atomic E-state index is 12.8. The molecule has 0 radical (unpaired) electrons. The highest BCUT2D eigenvalue weighted by Gasteiger charge is 2.27. The van der Waals surface area contributed by atoms with Crippen LogP contribution >= 0.6 is 11.8 Å². The summed E-state index contributed by atoms with van der Waals surface area (Å²) in [6.07, 6.45) is 3.99. The van der Waals surface area contributed by atoms with E-state index in [4.69, 9.17) is 9.47 Å². The third kappa shape index (κ3) is 6.03. The lowest BCUT2D eigenvalue weighted by atomic mass is 10.2. The number of ether oxygens (including phenoxy) is 2. The number of halogens is 1. The summed E-state index contributed by atoms with van der Waals surface area (Å²) in [5.74, 6) is -1.39. The average Bonchev–Trinajstić information content (AvgIpc) is 2.95. The first-order valence-corrected chi connectivity index (χ1v) is 8.90. The molecule has 0 spiro atoms. The minimum absolute atomic E-state index is 0.0148. The van der Waals surface area contributed by atoms with E-state index >= 15 is 0 Å². The van der Waals surface area contributed by atoms with Crippen LogP contribution in [0.1, 0.15) is 12.5 Å². The normalized spacial score (nSPS) is 15.7. The molecule has 0 bridgehead atoms. The second kappa shape index (κ2) is 9.76. The molecule has 1 fully saturated rings. The van der Waals surface area contributed by atoms with Crippen LogP contribution in [0.3, 0.4) is 0 Å². The molecule has 138 valence electrons. The summed E-state index contributed by atoms with van der Waals surface area (Å²) in [5.41, 5.74) is 0.661. The maximum Gasteiger partial charge on any atom is 0.333 e. The van der Waals surface area contributed by atoms with Crippen molar-refractivity contribution in [3.05, 3.63) is 52.8 Å². The van der Waals surface area contributed by atoms with E-state index in [2.05, 4.69) is 0 Å². The molecule has 1 heterocycles. The van der Waals surface area contributed by atoms with Gasteiger partial charge in [-0.15, -0.1) is 0 Å². The van der Waals surface area contributed by atoms with Crippen LogP contribution in [-0.4, -0.2) is 48.3 Å². The first-order valence-electron chi connectivity index (χ1n) is 7.91. The van der Waals surface area contributed by atoms with Gasteiger partial charge in [-0.05, 0) is 30.7 Å². The molecule has 0 aromatic heterocycles. The Morgan fingerprint density at radius 3 is 2.65 bits per heavy atom. The van der Waals surface area contributed by atoms with Gasteiger partial charge in [0.1, 0.15) is 12.4 Å². The Kier molecular flexibility index (Phi) is 7.40. The van der Waals surface area contributed by atoms with Gasteiger partial charge in [0.15, 0.2) is 0 Å². The number of benzene rings is 1.